The summed E-state index contributed by atoms with van der Waals surface area (Å²) >= 11 is 0. The minimum Gasteiger partial charge on any atom is -0.299 e. The van der Waals surface area contributed by atoms with Gasteiger partial charge in [0.1, 0.15) is 0 Å². The minimum atomic E-state index is 0.207. The maximum absolute atomic E-state index is 2.76. The highest BCUT2D eigenvalue weighted by atomic mass is 31.1. The third-order valence-electron chi connectivity index (χ3n) is 7.80. The Hall–Kier alpha value is 0.390. The number of rotatable bonds is 26. The number of hydrogen-bond acceptors (Lipinski definition) is 1. The average molecular weight is 498 g/mol. The molecule has 0 aliphatic heterocycles. The summed E-state index contributed by atoms with van der Waals surface area (Å²) in [6, 6.07) is 1.35. The SMILES string of the molecule is CCCCCCCCP(CCCCCCCC)C(CCCCCCC)CCN(C(C)C)C(C)C. The first kappa shape index (κ1) is 34.4. The fourth-order valence-corrected chi connectivity index (χ4v) is 8.81. The van der Waals surface area contributed by atoms with E-state index in [4.69, 9.17) is 0 Å². The fourth-order valence-electron chi connectivity index (χ4n) is 5.57. The lowest BCUT2D eigenvalue weighted by Crippen LogP contribution is -2.38. The van der Waals surface area contributed by atoms with Gasteiger partial charge in [0.2, 0.25) is 0 Å². The zero-order valence-corrected chi connectivity index (χ0v) is 26.1. The van der Waals surface area contributed by atoms with E-state index < -0.39 is 0 Å². The molecule has 0 amide bonds. The van der Waals surface area contributed by atoms with Crippen LogP contribution in [-0.4, -0.2) is 41.5 Å². The summed E-state index contributed by atoms with van der Waals surface area (Å²) in [5, 5.41) is 0. The number of nitrogens with zero attached hydrogens (tertiary/aromatic N) is 1. The van der Waals surface area contributed by atoms with Gasteiger partial charge in [-0.15, -0.1) is 7.92 Å². The molecular formula is C32H68NP. The summed E-state index contributed by atoms with van der Waals surface area (Å²) in [6.45, 7) is 17.9. The fraction of sp³-hybridized carbons (Fsp3) is 1.00. The lowest BCUT2D eigenvalue weighted by atomic mass is 10.1. The molecule has 0 aliphatic rings. The highest BCUT2D eigenvalue weighted by molar-refractivity contribution is 7.58. The van der Waals surface area contributed by atoms with E-state index in [0.717, 1.165) is 5.66 Å². The second kappa shape index (κ2) is 25.1. The Labute approximate surface area is 219 Å². The standard InChI is InChI=1S/C32H68NP/c1-8-11-14-17-20-23-28-34(29-24-21-18-15-12-9-2)32(25-22-19-16-13-10-3)26-27-33(30(4)5)31(6)7/h30-32H,8-29H2,1-7H3. The van der Waals surface area contributed by atoms with E-state index in [2.05, 4.69) is 53.4 Å². The van der Waals surface area contributed by atoms with Crippen molar-refractivity contribution in [1.29, 1.82) is 0 Å². The molecule has 0 N–H and O–H groups in total. The molecule has 1 atom stereocenters. The van der Waals surface area contributed by atoms with Crippen molar-refractivity contribution in [2.45, 2.75) is 188 Å². The van der Waals surface area contributed by atoms with Crippen LogP contribution in [0.4, 0.5) is 0 Å². The lowest BCUT2D eigenvalue weighted by molar-refractivity contribution is 0.172. The van der Waals surface area contributed by atoms with Crippen LogP contribution in [-0.2, 0) is 0 Å². The van der Waals surface area contributed by atoms with Crippen molar-refractivity contribution in [3.8, 4) is 0 Å². The van der Waals surface area contributed by atoms with Crippen molar-refractivity contribution < 1.29 is 0 Å². The van der Waals surface area contributed by atoms with Gasteiger partial charge in [-0.05, 0) is 77.9 Å². The quantitative estimate of drug-likeness (QED) is 0.0848. The molecule has 206 valence electrons. The van der Waals surface area contributed by atoms with Crippen molar-refractivity contribution in [2.24, 2.45) is 0 Å². The molecule has 1 nitrogen and oxygen atoms in total. The average Bonchev–Trinajstić information content (AvgIpc) is 2.80. The van der Waals surface area contributed by atoms with Gasteiger partial charge in [0.05, 0.1) is 0 Å². The highest BCUT2D eigenvalue weighted by Gasteiger charge is 2.22. The molecule has 0 radical (unpaired) electrons. The zero-order valence-electron chi connectivity index (χ0n) is 25.2. The van der Waals surface area contributed by atoms with Crippen molar-refractivity contribution in [3.63, 3.8) is 0 Å². The second-order valence-electron chi connectivity index (χ2n) is 11.6. The monoisotopic (exact) mass is 498 g/mol. The summed E-state index contributed by atoms with van der Waals surface area (Å²) in [6.07, 6.45) is 30.8. The molecule has 0 fully saturated rings. The van der Waals surface area contributed by atoms with E-state index in [1.807, 2.05) is 0 Å². The van der Waals surface area contributed by atoms with Gasteiger partial charge in [-0.25, -0.2) is 0 Å². The molecule has 0 rings (SSSR count). The minimum absolute atomic E-state index is 0.207. The van der Waals surface area contributed by atoms with Crippen LogP contribution < -0.4 is 0 Å². The summed E-state index contributed by atoms with van der Waals surface area (Å²) in [5.74, 6) is 0. The molecule has 0 aromatic rings. The van der Waals surface area contributed by atoms with Crippen LogP contribution >= 0.6 is 7.92 Å². The Morgan fingerprint density at radius 3 is 1.26 bits per heavy atom. The van der Waals surface area contributed by atoms with Gasteiger partial charge in [-0.2, -0.15) is 0 Å². The summed E-state index contributed by atoms with van der Waals surface area (Å²) in [7, 11) is 0.207. The van der Waals surface area contributed by atoms with E-state index in [-0.39, 0.29) is 7.92 Å². The van der Waals surface area contributed by atoms with E-state index in [1.165, 1.54) is 129 Å². The van der Waals surface area contributed by atoms with Crippen LogP contribution in [0.3, 0.4) is 0 Å². The van der Waals surface area contributed by atoms with Gasteiger partial charge in [0.25, 0.3) is 0 Å². The second-order valence-corrected chi connectivity index (χ2v) is 14.4. The molecule has 0 heterocycles. The molecule has 1 unspecified atom stereocenters. The third kappa shape index (κ3) is 19.6. The molecule has 0 aromatic heterocycles. The molecule has 0 spiro atoms. The van der Waals surface area contributed by atoms with Gasteiger partial charge >= 0.3 is 0 Å². The van der Waals surface area contributed by atoms with E-state index in [9.17, 15) is 0 Å². The summed E-state index contributed by atoms with van der Waals surface area (Å²) < 4.78 is 0. The van der Waals surface area contributed by atoms with Crippen molar-refractivity contribution in [2.75, 3.05) is 18.9 Å². The van der Waals surface area contributed by atoms with Gasteiger partial charge < -0.3 is 0 Å². The summed E-state index contributed by atoms with van der Waals surface area (Å²) in [5.41, 5.74) is 1.02. The van der Waals surface area contributed by atoms with Crippen LogP contribution in [0.2, 0.25) is 0 Å². The van der Waals surface area contributed by atoms with Crippen molar-refractivity contribution >= 4 is 7.92 Å². The molecule has 0 aromatic carbocycles. The predicted molar refractivity (Wildman–Crippen MR) is 162 cm³/mol. The first-order chi connectivity index (χ1) is 16.5. The van der Waals surface area contributed by atoms with Crippen LogP contribution in [0.1, 0.15) is 170 Å². The molecule has 34 heavy (non-hydrogen) atoms. The Balaban J connectivity index is 4.99. The van der Waals surface area contributed by atoms with Gasteiger partial charge in [0.15, 0.2) is 0 Å². The Kier molecular flexibility index (Phi) is 25.3. The first-order valence-corrected chi connectivity index (χ1v) is 17.8. The largest absolute Gasteiger partial charge is 0.299 e. The number of unbranched alkanes of at least 4 members (excludes halogenated alkanes) is 14. The van der Waals surface area contributed by atoms with Crippen LogP contribution in [0.5, 0.6) is 0 Å². The molecule has 0 bridgehead atoms. The molecule has 2 heteroatoms. The lowest BCUT2D eigenvalue weighted by Gasteiger charge is -2.35. The Morgan fingerprint density at radius 2 is 0.853 bits per heavy atom. The smallest absolute Gasteiger partial charge is 0.00412 e. The van der Waals surface area contributed by atoms with Crippen molar-refractivity contribution in [3.05, 3.63) is 0 Å². The zero-order chi connectivity index (χ0) is 25.4. The van der Waals surface area contributed by atoms with E-state index >= 15 is 0 Å². The van der Waals surface area contributed by atoms with Gasteiger partial charge in [0, 0.05) is 12.1 Å². The van der Waals surface area contributed by atoms with E-state index in [0.29, 0.717) is 12.1 Å². The normalized spacial score (nSPS) is 13.1. The first-order valence-electron chi connectivity index (χ1n) is 16.0. The molecular weight excluding hydrogens is 429 g/mol. The maximum Gasteiger partial charge on any atom is 0.00412 e. The topological polar surface area (TPSA) is 3.24 Å². The predicted octanol–water partition coefficient (Wildman–Crippen LogP) is 11.4. The summed E-state index contributed by atoms with van der Waals surface area (Å²) in [4.78, 5) is 2.76. The number of hydrogen-bond donors (Lipinski definition) is 0. The molecule has 0 saturated carbocycles. The van der Waals surface area contributed by atoms with Gasteiger partial charge in [-0.3, -0.25) is 4.90 Å². The highest BCUT2D eigenvalue weighted by Crippen LogP contribution is 2.47. The van der Waals surface area contributed by atoms with Crippen LogP contribution in [0, 0.1) is 0 Å². The van der Waals surface area contributed by atoms with Crippen molar-refractivity contribution in [1.82, 2.24) is 4.90 Å². The Morgan fingerprint density at radius 1 is 0.471 bits per heavy atom. The molecule has 0 aliphatic carbocycles. The molecule has 0 saturated heterocycles. The maximum atomic E-state index is 2.76. The van der Waals surface area contributed by atoms with E-state index in [1.54, 1.807) is 12.3 Å². The Bertz CT molecular complexity index is 370. The van der Waals surface area contributed by atoms with Crippen LogP contribution in [0.15, 0.2) is 0 Å². The third-order valence-corrected chi connectivity index (χ3v) is 11.1. The van der Waals surface area contributed by atoms with Gasteiger partial charge in [-0.1, -0.05) is 117 Å². The van der Waals surface area contributed by atoms with Crippen LogP contribution in [0.25, 0.3) is 0 Å².